The first-order chi connectivity index (χ1) is 6.54. The van der Waals surface area contributed by atoms with Gasteiger partial charge in [-0.15, -0.1) is 0 Å². The average Bonchev–Trinajstić information content (AvgIpc) is 2.54. The van der Waals surface area contributed by atoms with Gasteiger partial charge >= 0.3 is 0 Å². The van der Waals surface area contributed by atoms with Crippen molar-refractivity contribution >= 4 is 6.20 Å². The predicted molar refractivity (Wildman–Crippen MR) is 55.4 cm³/mol. The van der Waals surface area contributed by atoms with Crippen LogP contribution in [0.25, 0.3) is 6.20 Å². The van der Waals surface area contributed by atoms with Crippen LogP contribution in [0.2, 0.25) is 0 Å². The molecule has 0 spiro atoms. The second kappa shape index (κ2) is 4.26. The summed E-state index contributed by atoms with van der Waals surface area (Å²) in [6, 6.07) is 0. The van der Waals surface area contributed by atoms with Crippen molar-refractivity contribution < 1.29 is 4.74 Å². The molecule has 78 valence electrons. The van der Waals surface area contributed by atoms with Crippen LogP contribution >= 0.6 is 0 Å². The highest BCUT2D eigenvalue weighted by Gasteiger charge is 2.18. The van der Waals surface area contributed by atoms with Crippen LogP contribution < -0.4 is 0 Å². The van der Waals surface area contributed by atoms with Gasteiger partial charge in [-0.3, -0.25) is 0 Å². The van der Waals surface area contributed by atoms with E-state index in [1.807, 2.05) is 13.1 Å². The summed E-state index contributed by atoms with van der Waals surface area (Å²) < 4.78 is 7.20. The number of hydrogen-bond donors (Lipinski definition) is 0. The van der Waals surface area contributed by atoms with Crippen molar-refractivity contribution in [3.05, 3.63) is 18.4 Å². The Kier molecular flexibility index (Phi) is 3.28. The monoisotopic (exact) mass is 195 g/mol. The summed E-state index contributed by atoms with van der Waals surface area (Å²) in [5.41, 5.74) is -0.0119. The Morgan fingerprint density at radius 3 is 2.64 bits per heavy atom. The van der Waals surface area contributed by atoms with E-state index in [-0.39, 0.29) is 5.41 Å². The maximum Gasteiger partial charge on any atom is 0.138 e. The lowest BCUT2D eigenvalue weighted by molar-refractivity contribution is 0.166. The molecule has 0 radical (unpaired) electrons. The van der Waals surface area contributed by atoms with Crippen LogP contribution in [0.4, 0.5) is 0 Å². The highest BCUT2D eigenvalue weighted by Crippen LogP contribution is 2.26. The van der Waals surface area contributed by atoms with Gasteiger partial charge in [-0.25, -0.2) is 9.67 Å². The maximum atomic E-state index is 5.55. The van der Waals surface area contributed by atoms with Crippen molar-refractivity contribution in [2.24, 2.45) is 5.41 Å². The minimum atomic E-state index is -0.0119. The third kappa shape index (κ3) is 2.87. The molecule has 4 nitrogen and oxygen atoms in total. The molecule has 1 aromatic rings. The SMILES string of the molecule is CCOC(=Cn1cncn1)C(C)(C)C. The van der Waals surface area contributed by atoms with E-state index < -0.39 is 0 Å². The molecular weight excluding hydrogens is 178 g/mol. The zero-order valence-corrected chi connectivity index (χ0v) is 9.19. The predicted octanol–water partition coefficient (Wildman–Crippen LogP) is 2.16. The molecule has 0 amide bonds. The number of aromatic nitrogens is 3. The highest BCUT2D eigenvalue weighted by molar-refractivity contribution is 5.27. The molecule has 0 aliphatic heterocycles. The van der Waals surface area contributed by atoms with Gasteiger partial charge in [0.1, 0.15) is 18.4 Å². The van der Waals surface area contributed by atoms with Gasteiger partial charge in [0.15, 0.2) is 0 Å². The molecule has 0 saturated carbocycles. The minimum Gasteiger partial charge on any atom is -0.496 e. The largest absolute Gasteiger partial charge is 0.496 e. The molecule has 0 bridgehead atoms. The fourth-order valence-electron chi connectivity index (χ4n) is 1.01. The number of nitrogens with zero attached hydrogens (tertiary/aromatic N) is 3. The van der Waals surface area contributed by atoms with Crippen molar-refractivity contribution in [1.29, 1.82) is 0 Å². The van der Waals surface area contributed by atoms with E-state index in [2.05, 4.69) is 30.9 Å². The van der Waals surface area contributed by atoms with Crippen LogP contribution in [0.5, 0.6) is 0 Å². The molecule has 0 atom stereocenters. The molecule has 0 fully saturated rings. The molecule has 1 rings (SSSR count). The second-order valence-electron chi connectivity index (χ2n) is 4.05. The topological polar surface area (TPSA) is 39.9 Å². The first-order valence-electron chi connectivity index (χ1n) is 4.73. The molecule has 0 unspecified atom stereocenters. The molecule has 0 aromatic carbocycles. The zero-order chi connectivity index (χ0) is 10.6. The molecule has 0 saturated heterocycles. The summed E-state index contributed by atoms with van der Waals surface area (Å²) in [5, 5.41) is 4.00. The van der Waals surface area contributed by atoms with Crippen LogP contribution in [0, 0.1) is 5.41 Å². The Hall–Kier alpha value is -1.32. The van der Waals surface area contributed by atoms with E-state index in [4.69, 9.17) is 4.74 Å². The molecule has 4 heteroatoms. The second-order valence-corrected chi connectivity index (χ2v) is 4.05. The highest BCUT2D eigenvalue weighted by atomic mass is 16.5. The Labute approximate surface area is 84.6 Å². The Morgan fingerprint density at radius 2 is 2.21 bits per heavy atom. The lowest BCUT2D eigenvalue weighted by atomic mass is 9.94. The summed E-state index contributed by atoms with van der Waals surface area (Å²) in [6.45, 7) is 8.95. The van der Waals surface area contributed by atoms with Crippen molar-refractivity contribution in [3.8, 4) is 0 Å². The van der Waals surface area contributed by atoms with E-state index >= 15 is 0 Å². The third-order valence-corrected chi connectivity index (χ3v) is 1.73. The smallest absolute Gasteiger partial charge is 0.138 e. The number of ether oxygens (including phenoxy) is 1. The van der Waals surface area contributed by atoms with Gasteiger partial charge in [-0.05, 0) is 6.92 Å². The summed E-state index contributed by atoms with van der Waals surface area (Å²) in [5.74, 6) is 0.908. The van der Waals surface area contributed by atoms with E-state index in [9.17, 15) is 0 Å². The molecule has 14 heavy (non-hydrogen) atoms. The fraction of sp³-hybridized carbons (Fsp3) is 0.600. The van der Waals surface area contributed by atoms with Gasteiger partial charge in [0.05, 0.1) is 12.8 Å². The Balaban J connectivity index is 2.88. The van der Waals surface area contributed by atoms with Crippen molar-refractivity contribution in [3.63, 3.8) is 0 Å². The first-order valence-corrected chi connectivity index (χ1v) is 4.73. The Morgan fingerprint density at radius 1 is 1.50 bits per heavy atom. The van der Waals surface area contributed by atoms with Gasteiger partial charge in [0.2, 0.25) is 0 Å². The number of hydrogen-bond acceptors (Lipinski definition) is 3. The van der Waals surface area contributed by atoms with Gasteiger partial charge in [-0.1, -0.05) is 20.8 Å². The van der Waals surface area contributed by atoms with Crippen LogP contribution in [0.3, 0.4) is 0 Å². The standard InChI is InChI=1S/C10H17N3O/c1-5-14-9(10(2,3)4)6-13-8-11-7-12-13/h6-8H,5H2,1-4H3. The summed E-state index contributed by atoms with van der Waals surface area (Å²) >= 11 is 0. The average molecular weight is 195 g/mol. The van der Waals surface area contributed by atoms with E-state index in [0.29, 0.717) is 6.61 Å². The van der Waals surface area contributed by atoms with Crippen LogP contribution in [-0.4, -0.2) is 21.4 Å². The van der Waals surface area contributed by atoms with E-state index in [1.54, 1.807) is 11.0 Å². The van der Waals surface area contributed by atoms with Crippen LogP contribution in [0.1, 0.15) is 27.7 Å². The van der Waals surface area contributed by atoms with Crippen LogP contribution in [0.15, 0.2) is 18.4 Å². The molecule has 0 aliphatic rings. The van der Waals surface area contributed by atoms with Crippen molar-refractivity contribution in [1.82, 2.24) is 14.8 Å². The summed E-state index contributed by atoms with van der Waals surface area (Å²) in [6.07, 6.45) is 5.00. The number of allylic oxidation sites excluding steroid dienone is 1. The minimum absolute atomic E-state index is 0.0119. The molecule has 0 aliphatic carbocycles. The number of rotatable bonds is 3. The van der Waals surface area contributed by atoms with Gasteiger partial charge < -0.3 is 4.74 Å². The molecule has 1 aromatic heterocycles. The first kappa shape index (κ1) is 10.8. The lowest BCUT2D eigenvalue weighted by Crippen LogP contribution is -2.13. The van der Waals surface area contributed by atoms with Crippen molar-refractivity contribution in [2.75, 3.05) is 6.61 Å². The fourth-order valence-corrected chi connectivity index (χ4v) is 1.01. The quantitative estimate of drug-likeness (QED) is 0.694. The molecular formula is C10H17N3O. The third-order valence-electron chi connectivity index (χ3n) is 1.73. The lowest BCUT2D eigenvalue weighted by Gasteiger charge is -2.22. The van der Waals surface area contributed by atoms with Crippen LogP contribution in [-0.2, 0) is 4.74 Å². The zero-order valence-electron chi connectivity index (χ0n) is 9.19. The van der Waals surface area contributed by atoms with E-state index in [1.165, 1.54) is 6.33 Å². The van der Waals surface area contributed by atoms with Gasteiger partial charge in [0, 0.05) is 5.41 Å². The Bertz CT molecular complexity index is 296. The molecule has 1 heterocycles. The van der Waals surface area contributed by atoms with Gasteiger partial charge in [-0.2, -0.15) is 5.10 Å². The van der Waals surface area contributed by atoms with E-state index in [0.717, 1.165) is 5.76 Å². The summed E-state index contributed by atoms with van der Waals surface area (Å²) in [4.78, 5) is 3.87. The van der Waals surface area contributed by atoms with Gasteiger partial charge in [0.25, 0.3) is 0 Å². The maximum absolute atomic E-state index is 5.55. The van der Waals surface area contributed by atoms with Crippen molar-refractivity contribution in [2.45, 2.75) is 27.7 Å². The summed E-state index contributed by atoms with van der Waals surface area (Å²) in [7, 11) is 0. The normalized spacial score (nSPS) is 13.0. The molecule has 0 N–H and O–H groups in total.